The molecule has 0 aliphatic carbocycles. The Balaban J connectivity index is 2.19. The molecule has 0 radical (unpaired) electrons. The van der Waals surface area contributed by atoms with Gasteiger partial charge in [0, 0.05) is 11.6 Å². The van der Waals surface area contributed by atoms with Crippen molar-refractivity contribution < 1.29 is 31.1 Å². The zero-order valence-electron chi connectivity index (χ0n) is 12.7. The Kier molecular flexibility index (Phi) is 4.16. The van der Waals surface area contributed by atoms with Gasteiger partial charge in [-0.3, -0.25) is 4.90 Å². The molecule has 0 N–H and O–H groups in total. The monoisotopic (exact) mass is 351 g/mol. The highest BCUT2D eigenvalue weighted by atomic mass is 19.4. The first-order valence-corrected chi connectivity index (χ1v) is 7.37. The molecule has 2 heterocycles. The Hall–Kier alpha value is -1.54. The van der Waals surface area contributed by atoms with Crippen molar-refractivity contribution in [3.05, 3.63) is 41.0 Å². The first-order chi connectivity index (χ1) is 11.1. The minimum atomic E-state index is -4.85. The van der Waals surface area contributed by atoms with E-state index in [1.165, 1.54) is 6.08 Å². The van der Waals surface area contributed by atoms with E-state index >= 15 is 0 Å². The summed E-state index contributed by atoms with van der Waals surface area (Å²) >= 11 is 0. The number of morpholine rings is 1. The first kappa shape index (κ1) is 17.3. The number of nitrogens with zero attached hydrogens (tertiary/aromatic N) is 1. The Morgan fingerprint density at radius 3 is 2.08 bits per heavy atom. The molecule has 8 heteroatoms. The highest BCUT2D eigenvalue weighted by Crippen LogP contribution is 2.45. The summed E-state index contributed by atoms with van der Waals surface area (Å²) in [5.41, 5.74) is -3.15. The number of halogens is 6. The van der Waals surface area contributed by atoms with Gasteiger partial charge < -0.3 is 4.74 Å². The van der Waals surface area contributed by atoms with Crippen molar-refractivity contribution in [1.82, 2.24) is 4.90 Å². The van der Waals surface area contributed by atoms with Crippen molar-refractivity contribution in [2.24, 2.45) is 0 Å². The van der Waals surface area contributed by atoms with Crippen LogP contribution < -0.4 is 0 Å². The Morgan fingerprint density at radius 2 is 1.58 bits per heavy atom. The topological polar surface area (TPSA) is 12.5 Å². The van der Waals surface area contributed by atoms with E-state index in [1.807, 2.05) is 4.90 Å². The van der Waals surface area contributed by atoms with E-state index in [0.29, 0.717) is 18.7 Å². The lowest BCUT2D eigenvalue weighted by molar-refractivity contribution is -0.143. The van der Waals surface area contributed by atoms with Crippen molar-refractivity contribution in [1.29, 1.82) is 0 Å². The normalized spacial score (nSPS) is 25.5. The van der Waals surface area contributed by atoms with Crippen LogP contribution in [0.4, 0.5) is 26.3 Å². The summed E-state index contributed by atoms with van der Waals surface area (Å²) in [7, 11) is 1.80. The fraction of sp³-hybridized carbons (Fsp3) is 0.500. The van der Waals surface area contributed by atoms with Gasteiger partial charge in [-0.05, 0) is 31.2 Å². The lowest BCUT2D eigenvalue weighted by Gasteiger charge is -2.43. The van der Waals surface area contributed by atoms with E-state index < -0.39 is 29.0 Å². The van der Waals surface area contributed by atoms with Gasteiger partial charge in [-0.2, -0.15) is 26.3 Å². The third-order valence-electron chi connectivity index (χ3n) is 4.54. The molecule has 0 aromatic heterocycles. The van der Waals surface area contributed by atoms with Gasteiger partial charge in [0.05, 0.1) is 30.4 Å². The number of hydrogen-bond acceptors (Lipinski definition) is 2. The fourth-order valence-corrected chi connectivity index (χ4v) is 3.31. The van der Waals surface area contributed by atoms with Gasteiger partial charge in [-0.25, -0.2) is 0 Å². The number of fused-ring (bicyclic) bond motifs is 2. The molecule has 1 aromatic rings. The third-order valence-corrected chi connectivity index (χ3v) is 4.54. The van der Waals surface area contributed by atoms with E-state index in [1.54, 1.807) is 7.05 Å². The van der Waals surface area contributed by atoms with Gasteiger partial charge in [0.15, 0.2) is 0 Å². The average Bonchev–Trinajstić information content (AvgIpc) is 2.44. The predicted molar refractivity (Wildman–Crippen MR) is 75.2 cm³/mol. The summed E-state index contributed by atoms with van der Waals surface area (Å²) < 4.78 is 85.2. The molecular formula is C16H15F6NO. The van der Waals surface area contributed by atoms with E-state index in [-0.39, 0.29) is 30.7 Å². The summed E-state index contributed by atoms with van der Waals surface area (Å²) in [4.78, 5) is 1.93. The molecule has 0 amide bonds. The average molecular weight is 351 g/mol. The van der Waals surface area contributed by atoms with Crippen LogP contribution in [0.1, 0.15) is 23.1 Å². The quantitative estimate of drug-likeness (QED) is 0.703. The van der Waals surface area contributed by atoms with Crippen molar-refractivity contribution in [2.45, 2.75) is 30.9 Å². The fourth-order valence-electron chi connectivity index (χ4n) is 3.31. The van der Waals surface area contributed by atoms with Gasteiger partial charge in [-0.15, -0.1) is 0 Å². The summed E-state index contributed by atoms with van der Waals surface area (Å²) in [5.74, 6) is 0. The summed E-state index contributed by atoms with van der Waals surface area (Å²) in [6.07, 6.45) is -8.16. The standard InChI is InChI=1S/C16H15F6NO/c1-23-10-5-9(6-11(23)8-24-7-10)14-12(15(17,18)19)3-2-4-13(14)16(20,21)22/h2-5,10-11H,6-8H2,1H3. The number of rotatable bonds is 1. The maximum Gasteiger partial charge on any atom is 0.417 e. The number of benzene rings is 1. The zero-order chi connectivity index (χ0) is 17.7. The Labute approximate surface area is 134 Å². The maximum absolute atomic E-state index is 13.3. The van der Waals surface area contributed by atoms with Gasteiger partial charge in [-0.1, -0.05) is 12.1 Å². The van der Waals surface area contributed by atoms with Crippen molar-refractivity contribution in [3.8, 4) is 0 Å². The van der Waals surface area contributed by atoms with Gasteiger partial charge in [0.1, 0.15) is 0 Å². The molecule has 24 heavy (non-hydrogen) atoms. The minimum absolute atomic E-state index is 0.0865. The van der Waals surface area contributed by atoms with Crippen LogP contribution in [0.5, 0.6) is 0 Å². The molecule has 3 rings (SSSR count). The molecule has 2 aliphatic rings. The number of ether oxygens (including phenoxy) is 1. The third kappa shape index (κ3) is 3.04. The molecule has 1 fully saturated rings. The van der Waals surface area contributed by atoms with Crippen LogP contribution in [0.2, 0.25) is 0 Å². The second-order valence-corrected chi connectivity index (χ2v) is 6.04. The second kappa shape index (κ2) is 5.77. The molecule has 2 aliphatic heterocycles. The molecule has 1 aromatic carbocycles. The summed E-state index contributed by atoms with van der Waals surface area (Å²) in [6.45, 7) is 0.548. The maximum atomic E-state index is 13.3. The number of alkyl halides is 6. The largest absolute Gasteiger partial charge is 0.417 e. The SMILES string of the molecule is CN1C2C=C(c3c(C(F)(F)F)cccc3C(F)(F)F)CC1COC2. The van der Waals surface area contributed by atoms with E-state index in [0.717, 1.165) is 6.07 Å². The number of hydrogen-bond donors (Lipinski definition) is 0. The molecule has 0 spiro atoms. The molecule has 1 saturated heterocycles. The molecule has 2 nitrogen and oxygen atoms in total. The molecule has 2 bridgehead atoms. The zero-order valence-corrected chi connectivity index (χ0v) is 12.7. The Bertz CT molecular complexity index is 631. The molecule has 132 valence electrons. The van der Waals surface area contributed by atoms with E-state index in [9.17, 15) is 26.3 Å². The van der Waals surface area contributed by atoms with Crippen LogP contribution in [-0.2, 0) is 17.1 Å². The predicted octanol–water partition coefficient (Wildman–Crippen LogP) is 4.21. The van der Waals surface area contributed by atoms with Crippen LogP contribution >= 0.6 is 0 Å². The van der Waals surface area contributed by atoms with Crippen LogP contribution in [0.3, 0.4) is 0 Å². The van der Waals surface area contributed by atoms with Gasteiger partial charge >= 0.3 is 12.4 Å². The van der Waals surface area contributed by atoms with Gasteiger partial charge in [0.2, 0.25) is 0 Å². The Morgan fingerprint density at radius 1 is 1.00 bits per heavy atom. The molecular weight excluding hydrogens is 336 g/mol. The smallest absolute Gasteiger partial charge is 0.378 e. The first-order valence-electron chi connectivity index (χ1n) is 7.37. The van der Waals surface area contributed by atoms with Crippen LogP contribution in [0, 0.1) is 0 Å². The molecule has 2 unspecified atom stereocenters. The second-order valence-electron chi connectivity index (χ2n) is 6.04. The number of likely N-dealkylation sites (N-methyl/N-ethyl adjacent to an activating group) is 1. The highest BCUT2D eigenvalue weighted by molar-refractivity contribution is 5.74. The van der Waals surface area contributed by atoms with Crippen LogP contribution in [0.25, 0.3) is 5.57 Å². The molecule has 0 saturated carbocycles. The van der Waals surface area contributed by atoms with E-state index in [4.69, 9.17) is 4.74 Å². The van der Waals surface area contributed by atoms with Crippen LogP contribution in [-0.4, -0.2) is 37.2 Å². The van der Waals surface area contributed by atoms with Crippen molar-refractivity contribution in [2.75, 3.05) is 20.3 Å². The van der Waals surface area contributed by atoms with Crippen molar-refractivity contribution >= 4 is 5.57 Å². The van der Waals surface area contributed by atoms with Gasteiger partial charge in [0.25, 0.3) is 0 Å². The minimum Gasteiger partial charge on any atom is -0.378 e. The lowest BCUT2D eigenvalue weighted by atomic mass is 9.85. The summed E-state index contributed by atoms with van der Waals surface area (Å²) in [5, 5.41) is 0. The lowest BCUT2D eigenvalue weighted by Crippen LogP contribution is -2.51. The summed E-state index contributed by atoms with van der Waals surface area (Å²) in [6, 6.07) is 1.65. The highest BCUT2D eigenvalue weighted by Gasteiger charge is 2.43. The van der Waals surface area contributed by atoms with E-state index in [2.05, 4.69) is 0 Å². The van der Waals surface area contributed by atoms with Crippen LogP contribution in [0.15, 0.2) is 24.3 Å². The molecule has 2 atom stereocenters. The van der Waals surface area contributed by atoms with Crippen molar-refractivity contribution in [3.63, 3.8) is 0 Å².